The number of nitrogens with zero attached hydrogens (tertiary/aromatic N) is 5. The third kappa shape index (κ3) is 11.8. The van der Waals surface area contributed by atoms with E-state index in [1.54, 1.807) is 29.4 Å². The van der Waals surface area contributed by atoms with E-state index in [0.29, 0.717) is 30.7 Å². The first-order valence-electron chi connectivity index (χ1n) is 17.3. The van der Waals surface area contributed by atoms with E-state index in [0.717, 1.165) is 67.0 Å². The number of amides is 2. The minimum absolute atomic E-state index is 0. The molecule has 0 aliphatic carbocycles. The predicted octanol–water partition coefficient (Wildman–Crippen LogP) is 9.05. The summed E-state index contributed by atoms with van der Waals surface area (Å²) in [6, 6.07) is 27.2. The van der Waals surface area contributed by atoms with Gasteiger partial charge in [-0.3, -0.25) is 5.32 Å². The maximum absolute atomic E-state index is 12.4. The van der Waals surface area contributed by atoms with E-state index in [9.17, 15) is 4.79 Å². The number of rotatable bonds is 7. The highest BCUT2D eigenvalue weighted by Gasteiger charge is 2.19. The first kappa shape index (κ1) is 37.7. The number of hydrogen-bond donors (Lipinski definition) is 2. The van der Waals surface area contributed by atoms with Crippen LogP contribution in [0.1, 0.15) is 47.9 Å². The Morgan fingerprint density at radius 1 is 0.731 bits per heavy atom. The fourth-order valence-electron chi connectivity index (χ4n) is 5.67. The SMILES string of the molecule is Cc1ccc(Oc2cccc(C=C3CCN(C(=O)Nc4cccnn4)CC3)c2)nc1.Cc1ccc(Oc2cccc(C=C3CCNCC3)c2)nc1.Cl. The molecule has 2 aromatic carbocycles. The van der Waals surface area contributed by atoms with E-state index in [4.69, 9.17) is 9.47 Å². The number of urea groups is 1. The smallest absolute Gasteiger partial charge is 0.323 e. The van der Waals surface area contributed by atoms with E-state index < -0.39 is 0 Å². The first-order valence-corrected chi connectivity index (χ1v) is 17.3. The highest BCUT2D eigenvalue weighted by atomic mass is 35.5. The number of aryl methyl sites for hydroxylation is 2. The van der Waals surface area contributed by atoms with E-state index in [2.05, 4.69) is 61.2 Å². The zero-order valence-electron chi connectivity index (χ0n) is 29.5. The number of hydrogen-bond acceptors (Lipinski definition) is 8. The summed E-state index contributed by atoms with van der Waals surface area (Å²) in [5.74, 6) is 3.25. The molecular formula is C41H44ClN7O3. The number of pyridine rings is 2. The van der Waals surface area contributed by atoms with Gasteiger partial charge >= 0.3 is 6.03 Å². The number of piperidine rings is 2. The van der Waals surface area contributed by atoms with Gasteiger partial charge in [0.2, 0.25) is 11.8 Å². The van der Waals surface area contributed by atoms with Gasteiger partial charge in [0.1, 0.15) is 11.5 Å². The molecular weight excluding hydrogens is 674 g/mol. The number of aromatic nitrogens is 4. The minimum Gasteiger partial charge on any atom is -0.439 e. The van der Waals surface area contributed by atoms with Gasteiger partial charge in [0.25, 0.3) is 0 Å². The normalized spacial score (nSPS) is 13.8. The second-order valence-corrected chi connectivity index (χ2v) is 12.6. The van der Waals surface area contributed by atoms with E-state index in [1.165, 1.54) is 16.7 Å². The van der Waals surface area contributed by atoms with Crippen molar-refractivity contribution in [2.24, 2.45) is 0 Å². The summed E-state index contributed by atoms with van der Waals surface area (Å²) in [6.45, 7) is 7.50. The first-order chi connectivity index (χ1) is 24.9. The van der Waals surface area contributed by atoms with Crippen LogP contribution in [0.3, 0.4) is 0 Å². The fraction of sp³-hybridized carbons (Fsp3) is 0.244. The number of carbonyl (C=O) groups excluding carboxylic acids is 1. The summed E-state index contributed by atoms with van der Waals surface area (Å²) in [7, 11) is 0. The molecule has 52 heavy (non-hydrogen) atoms. The zero-order chi connectivity index (χ0) is 35.3. The number of ether oxygens (including phenoxy) is 2. The van der Waals surface area contributed by atoms with Crippen molar-refractivity contribution in [1.82, 2.24) is 30.4 Å². The molecule has 0 spiro atoms. The lowest BCUT2D eigenvalue weighted by Crippen LogP contribution is -2.39. The van der Waals surface area contributed by atoms with Gasteiger partial charge in [0.05, 0.1) is 0 Å². The molecule has 2 aliphatic rings. The third-order valence-electron chi connectivity index (χ3n) is 8.42. The van der Waals surface area contributed by atoms with Gasteiger partial charge < -0.3 is 19.7 Å². The summed E-state index contributed by atoms with van der Waals surface area (Å²) in [4.78, 5) is 22.7. The van der Waals surface area contributed by atoms with Gasteiger partial charge in [-0.1, -0.05) is 59.7 Å². The Morgan fingerprint density at radius 2 is 1.29 bits per heavy atom. The van der Waals surface area contributed by atoms with Crippen molar-refractivity contribution in [3.63, 3.8) is 0 Å². The minimum atomic E-state index is -0.143. The molecule has 7 rings (SSSR count). The fourth-order valence-corrected chi connectivity index (χ4v) is 5.67. The van der Waals surface area contributed by atoms with Crippen molar-refractivity contribution in [2.75, 3.05) is 31.5 Å². The van der Waals surface area contributed by atoms with Crippen LogP contribution in [0.5, 0.6) is 23.3 Å². The lowest BCUT2D eigenvalue weighted by atomic mass is 10.0. The van der Waals surface area contributed by atoms with Crippen LogP contribution < -0.4 is 20.1 Å². The summed E-state index contributed by atoms with van der Waals surface area (Å²) < 4.78 is 11.7. The molecule has 3 aromatic heterocycles. The van der Waals surface area contributed by atoms with E-state index in [-0.39, 0.29) is 18.4 Å². The third-order valence-corrected chi connectivity index (χ3v) is 8.42. The molecule has 5 aromatic rings. The van der Waals surface area contributed by atoms with Crippen molar-refractivity contribution >= 4 is 36.4 Å². The van der Waals surface area contributed by atoms with Crippen molar-refractivity contribution in [1.29, 1.82) is 0 Å². The Kier molecular flexibility index (Phi) is 13.9. The molecule has 2 N–H and O–H groups in total. The Balaban J connectivity index is 0.000000209. The Hall–Kier alpha value is -5.58. The molecule has 0 radical (unpaired) electrons. The summed E-state index contributed by atoms with van der Waals surface area (Å²) in [5.41, 5.74) is 7.30. The van der Waals surface area contributed by atoms with Crippen LogP contribution in [0.15, 0.2) is 115 Å². The van der Waals surface area contributed by atoms with Crippen LogP contribution in [0, 0.1) is 13.8 Å². The van der Waals surface area contributed by atoms with Gasteiger partial charge in [-0.25, -0.2) is 14.8 Å². The molecule has 10 nitrogen and oxygen atoms in total. The molecule has 268 valence electrons. The van der Waals surface area contributed by atoms with E-state index >= 15 is 0 Å². The topological polar surface area (TPSA) is 114 Å². The molecule has 2 fully saturated rings. The number of likely N-dealkylation sites (tertiary alicyclic amines) is 1. The Labute approximate surface area is 311 Å². The second-order valence-electron chi connectivity index (χ2n) is 12.6. The standard InChI is InChI=1S/C23H23N5O2.C18H20N2O.ClH/c1-17-7-8-22(24-16-17)30-20-5-2-4-19(15-20)14-18-9-12-28(13-10-18)23(29)26-21-6-3-11-25-27-21;1-14-5-6-18(20-13-14)21-17-4-2-3-16(12-17)11-15-7-9-19-10-8-15;/h2-8,11,14-16H,9-10,12-13H2,1H3,(H,26,27,29);2-6,11-13,19H,7-10H2,1H3;1H. The number of halogens is 1. The summed E-state index contributed by atoms with van der Waals surface area (Å²) in [5, 5.41) is 13.8. The maximum atomic E-state index is 12.4. The molecule has 5 heterocycles. The van der Waals surface area contributed by atoms with Crippen LogP contribution in [-0.2, 0) is 0 Å². The number of anilines is 1. The van der Waals surface area contributed by atoms with Gasteiger partial charge in [0.15, 0.2) is 5.82 Å². The van der Waals surface area contributed by atoms with Crippen molar-refractivity contribution < 1.29 is 14.3 Å². The highest BCUT2D eigenvalue weighted by Crippen LogP contribution is 2.26. The van der Waals surface area contributed by atoms with Crippen LogP contribution >= 0.6 is 12.4 Å². The second kappa shape index (κ2) is 19.1. The zero-order valence-corrected chi connectivity index (χ0v) is 30.3. The molecule has 0 saturated carbocycles. The van der Waals surface area contributed by atoms with Gasteiger partial charge in [-0.05, 0) is 111 Å². The average molecular weight is 718 g/mol. The quantitative estimate of drug-likeness (QED) is 0.171. The number of benzene rings is 2. The van der Waals surface area contributed by atoms with Gasteiger partial charge in [-0.2, -0.15) is 5.10 Å². The molecule has 2 aliphatic heterocycles. The monoisotopic (exact) mass is 717 g/mol. The Morgan fingerprint density at radius 3 is 1.79 bits per heavy atom. The average Bonchev–Trinajstić information content (AvgIpc) is 3.15. The predicted molar refractivity (Wildman–Crippen MR) is 208 cm³/mol. The maximum Gasteiger partial charge on any atom is 0.323 e. The van der Waals surface area contributed by atoms with Crippen LogP contribution in [0.25, 0.3) is 12.2 Å². The van der Waals surface area contributed by atoms with Crippen molar-refractivity contribution in [2.45, 2.75) is 39.5 Å². The molecule has 0 bridgehead atoms. The molecule has 0 atom stereocenters. The summed E-state index contributed by atoms with van der Waals surface area (Å²) >= 11 is 0. The van der Waals surface area contributed by atoms with Crippen molar-refractivity contribution in [3.8, 4) is 23.3 Å². The summed E-state index contributed by atoms with van der Waals surface area (Å²) in [6.07, 6.45) is 13.5. The molecule has 11 heteroatoms. The van der Waals surface area contributed by atoms with Crippen LogP contribution in [0.2, 0.25) is 0 Å². The molecule has 0 unspecified atom stereocenters. The van der Waals surface area contributed by atoms with Gasteiger partial charge in [-0.15, -0.1) is 17.5 Å². The number of carbonyl (C=O) groups is 1. The Bertz CT molecular complexity index is 1930. The molecule has 2 amide bonds. The lowest BCUT2D eigenvalue weighted by molar-refractivity contribution is 0.207. The van der Waals surface area contributed by atoms with Crippen LogP contribution in [-0.4, -0.2) is 57.3 Å². The van der Waals surface area contributed by atoms with Gasteiger partial charge in [0, 0.05) is 43.8 Å². The molecule has 2 saturated heterocycles. The van der Waals surface area contributed by atoms with Crippen molar-refractivity contribution in [3.05, 3.63) is 137 Å². The number of nitrogens with one attached hydrogen (secondary N) is 2. The lowest BCUT2D eigenvalue weighted by Gasteiger charge is -2.28. The van der Waals surface area contributed by atoms with Crippen LogP contribution in [0.4, 0.5) is 10.6 Å². The van der Waals surface area contributed by atoms with E-state index in [1.807, 2.05) is 74.6 Å². The largest absolute Gasteiger partial charge is 0.439 e. The highest BCUT2D eigenvalue weighted by molar-refractivity contribution is 5.88.